The number of hydrogen-bond donors (Lipinski definition) is 2. The third-order valence-electron chi connectivity index (χ3n) is 2.65. The standard InChI is InChI=1S/C11H13N3O4/c1-14-11(17)8(10(16)13-14)5-9(15)12-6-7-3-2-4-18-7/h2-4,8H,5-6H2,1H3,(H,12,15)(H,13,16). The molecule has 0 aromatic carbocycles. The van der Waals surface area contributed by atoms with Crippen molar-refractivity contribution in [2.45, 2.75) is 13.0 Å². The van der Waals surface area contributed by atoms with E-state index in [4.69, 9.17) is 4.42 Å². The zero-order chi connectivity index (χ0) is 13.1. The van der Waals surface area contributed by atoms with E-state index in [1.165, 1.54) is 13.3 Å². The first-order valence-corrected chi connectivity index (χ1v) is 5.45. The van der Waals surface area contributed by atoms with Crippen molar-refractivity contribution in [1.29, 1.82) is 0 Å². The monoisotopic (exact) mass is 251 g/mol. The molecule has 2 heterocycles. The molecule has 96 valence electrons. The topological polar surface area (TPSA) is 91.7 Å². The van der Waals surface area contributed by atoms with E-state index in [-0.39, 0.29) is 18.9 Å². The van der Waals surface area contributed by atoms with Gasteiger partial charge in [0, 0.05) is 13.5 Å². The van der Waals surface area contributed by atoms with Crippen LogP contribution in [0.15, 0.2) is 22.8 Å². The average molecular weight is 251 g/mol. The Balaban J connectivity index is 1.84. The fraction of sp³-hybridized carbons (Fsp3) is 0.364. The van der Waals surface area contributed by atoms with Crippen LogP contribution in [0.1, 0.15) is 12.2 Å². The Morgan fingerprint density at radius 1 is 1.56 bits per heavy atom. The van der Waals surface area contributed by atoms with Crippen LogP contribution in [0.3, 0.4) is 0 Å². The Morgan fingerprint density at radius 2 is 2.33 bits per heavy atom. The van der Waals surface area contributed by atoms with E-state index in [2.05, 4.69) is 10.7 Å². The zero-order valence-electron chi connectivity index (χ0n) is 9.80. The van der Waals surface area contributed by atoms with Gasteiger partial charge in [-0.3, -0.25) is 24.8 Å². The van der Waals surface area contributed by atoms with Gasteiger partial charge in [-0.15, -0.1) is 0 Å². The van der Waals surface area contributed by atoms with E-state index in [1.807, 2.05) is 0 Å². The number of carbonyl (C=O) groups is 3. The van der Waals surface area contributed by atoms with Crippen molar-refractivity contribution in [1.82, 2.24) is 15.8 Å². The van der Waals surface area contributed by atoms with Crippen molar-refractivity contribution in [3.8, 4) is 0 Å². The lowest BCUT2D eigenvalue weighted by atomic mass is 10.1. The number of hydrazine groups is 1. The average Bonchev–Trinajstić information content (AvgIpc) is 2.92. The molecule has 1 aromatic rings. The van der Waals surface area contributed by atoms with Crippen LogP contribution in [0.25, 0.3) is 0 Å². The molecule has 2 rings (SSSR count). The molecule has 1 aliphatic heterocycles. The lowest BCUT2D eigenvalue weighted by Crippen LogP contribution is -2.31. The van der Waals surface area contributed by atoms with Gasteiger partial charge >= 0.3 is 0 Å². The number of amides is 3. The van der Waals surface area contributed by atoms with E-state index in [9.17, 15) is 14.4 Å². The van der Waals surface area contributed by atoms with Crippen molar-refractivity contribution in [3.63, 3.8) is 0 Å². The van der Waals surface area contributed by atoms with Crippen LogP contribution in [0.5, 0.6) is 0 Å². The summed E-state index contributed by atoms with van der Waals surface area (Å²) in [5, 5.41) is 3.67. The van der Waals surface area contributed by atoms with E-state index >= 15 is 0 Å². The highest BCUT2D eigenvalue weighted by molar-refractivity contribution is 6.07. The molecule has 1 unspecified atom stereocenters. The summed E-state index contributed by atoms with van der Waals surface area (Å²) < 4.78 is 5.04. The maximum absolute atomic E-state index is 11.6. The van der Waals surface area contributed by atoms with E-state index < -0.39 is 17.7 Å². The van der Waals surface area contributed by atoms with Crippen LogP contribution in [-0.2, 0) is 20.9 Å². The molecule has 1 aromatic heterocycles. The summed E-state index contributed by atoms with van der Waals surface area (Å²) in [5.41, 5.74) is 2.34. The second-order valence-corrected chi connectivity index (χ2v) is 3.99. The van der Waals surface area contributed by atoms with Crippen LogP contribution in [-0.4, -0.2) is 29.8 Å². The van der Waals surface area contributed by atoms with Crippen molar-refractivity contribution in [2.75, 3.05) is 7.05 Å². The first-order chi connectivity index (χ1) is 8.58. The molecule has 0 radical (unpaired) electrons. The molecule has 1 aliphatic rings. The van der Waals surface area contributed by atoms with Crippen molar-refractivity contribution >= 4 is 17.7 Å². The molecule has 18 heavy (non-hydrogen) atoms. The Hall–Kier alpha value is -2.31. The lowest BCUT2D eigenvalue weighted by Gasteiger charge is -2.07. The molecule has 1 fully saturated rings. The van der Waals surface area contributed by atoms with Gasteiger partial charge in [-0.25, -0.2) is 0 Å². The molecule has 7 heteroatoms. The van der Waals surface area contributed by atoms with Crippen molar-refractivity contribution in [2.24, 2.45) is 5.92 Å². The summed E-state index contributed by atoms with van der Waals surface area (Å²) >= 11 is 0. The molecule has 2 N–H and O–H groups in total. The van der Waals surface area contributed by atoms with Crippen LogP contribution >= 0.6 is 0 Å². The van der Waals surface area contributed by atoms with Gasteiger partial charge in [0.15, 0.2) is 0 Å². The number of hydrogen-bond acceptors (Lipinski definition) is 4. The van der Waals surface area contributed by atoms with Gasteiger partial charge in [0.05, 0.1) is 12.8 Å². The summed E-state index contributed by atoms with van der Waals surface area (Å²) in [7, 11) is 1.45. The first kappa shape index (κ1) is 12.2. The van der Waals surface area contributed by atoms with Gasteiger partial charge in [0.2, 0.25) is 5.91 Å². The summed E-state index contributed by atoms with van der Waals surface area (Å²) in [4.78, 5) is 34.5. The SMILES string of the molecule is CN1NC(=O)C(CC(=O)NCc2ccco2)C1=O. The smallest absolute Gasteiger partial charge is 0.253 e. The molecule has 3 amide bonds. The predicted molar refractivity (Wildman–Crippen MR) is 59.6 cm³/mol. The summed E-state index contributed by atoms with van der Waals surface area (Å²) in [6.07, 6.45) is 1.35. The Bertz CT molecular complexity index is 469. The summed E-state index contributed by atoms with van der Waals surface area (Å²) in [5.74, 6) is -1.53. The number of rotatable bonds is 4. The molecule has 0 saturated carbocycles. The van der Waals surface area contributed by atoms with Crippen LogP contribution < -0.4 is 10.7 Å². The fourth-order valence-corrected chi connectivity index (χ4v) is 1.68. The van der Waals surface area contributed by atoms with Crippen molar-refractivity contribution in [3.05, 3.63) is 24.2 Å². The Morgan fingerprint density at radius 3 is 2.89 bits per heavy atom. The van der Waals surface area contributed by atoms with Gasteiger partial charge in [-0.2, -0.15) is 0 Å². The molecular weight excluding hydrogens is 238 g/mol. The van der Waals surface area contributed by atoms with E-state index in [1.54, 1.807) is 12.1 Å². The Kier molecular flexibility index (Phi) is 3.31. The maximum atomic E-state index is 11.6. The number of carbonyl (C=O) groups excluding carboxylic acids is 3. The zero-order valence-corrected chi connectivity index (χ0v) is 9.80. The second kappa shape index (κ2) is 4.91. The maximum Gasteiger partial charge on any atom is 0.253 e. The van der Waals surface area contributed by atoms with Gasteiger partial charge < -0.3 is 9.73 Å². The van der Waals surface area contributed by atoms with Gasteiger partial charge in [-0.05, 0) is 12.1 Å². The third-order valence-corrected chi connectivity index (χ3v) is 2.65. The molecule has 0 spiro atoms. The highest BCUT2D eigenvalue weighted by Gasteiger charge is 2.38. The van der Waals surface area contributed by atoms with E-state index in [0.29, 0.717) is 5.76 Å². The first-order valence-electron chi connectivity index (χ1n) is 5.45. The highest BCUT2D eigenvalue weighted by Crippen LogP contribution is 2.13. The molecule has 0 bridgehead atoms. The summed E-state index contributed by atoms with van der Waals surface area (Å²) in [6.45, 7) is 0.240. The minimum absolute atomic E-state index is 0.157. The molecule has 1 atom stereocenters. The predicted octanol–water partition coefficient (Wildman–Crippen LogP) is -0.595. The molecule has 7 nitrogen and oxygen atoms in total. The number of nitrogens with zero attached hydrogens (tertiary/aromatic N) is 1. The third kappa shape index (κ3) is 2.50. The minimum Gasteiger partial charge on any atom is -0.467 e. The number of furan rings is 1. The minimum atomic E-state index is -0.938. The Labute approximate surface area is 103 Å². The van der Waals surface area contributed by atoms with Crippen LogP contribution in [0.2, 0.25) is 0 Å². The van der Waals surface area contributed by atoms with Crippen LogP contribution in [0, 0.1) is 5.92 Å². The van der Waals surface area contributed by atoms with Gasteiger partial charge in [0.25, 0.3) is 11.8 Å². The molecule has 0 aliphatic carbocycles. The fourth-order valence-electron chi connectivity index (χ4n) is 1.68. The molecule has 1 saturated heterocycles. The highest BCUT2D eigenvalue weighted by atomic mass is 16.3. The quantitative estimate of drug-likeness (QED) is 0.699. The van der Waals surface area contributed by atoms with Crippen molar-refractivity contribution < 1.29 is 18.8 Å². The van der Waals surface area contributed by atoms with Crippen LogP contribution in [0.4, 0.5) is 0 Å². The largest absolute Gasteiger partial charge is 0.467 e. The molecular formula is C11H13N3O4. The summed E-state index contributed by atoms with van der Waals surface area (Å²) in [6, 6.07) is 3.44. The second-order valence-electron chi connectivity index (χ2n) is 3.99. The number of nitrogens with one attached hydrogen (secondary N) is 2. The lowest BCUT2D eigenvalue weighted by molar-refractivity contribution is -0.135. The normalized spacial score (nSPS) is 18.9. The van der Waals surface area contributed by atoms with E-state index in [0.717, 1.165) is 5.01 Å². The van der Waals surface area contributed by atoms with Gasteiger partial charge in [-0.1, -0.05) is 0 Å². The van der Waals surface area contributed by atoms with Gasteiger partial charge in [0.1, 0.15) is 11.7 Å².